The highest BCUT2D eigenvalue weighted by atomic mass is 16.3. The number of pyridine rings is 1. The number of aromatic hydroxyl groups is 2. The van der Waals surface area contributed by atoms with Crippen LogP contribution in [-0.4, -0.2) is 30.7 Å². The Kier molecular flexibility index (Phi) is 5.69. The maximum Gasteiger partial charge on any atom is 0.251 e. The summed E-state index contributed by atoms with van der Waals surface area (Å²) in [4.78, 5) is 22.2. The number of nitrogens with zero attached hydrogens (tertiary/aromatic N) is 3. The summed E-state index contributed by atoms with van der Waals surface area (Å²) in [6, 6.07) is 16.3. The van der Waals surface area contributed by atoms with E-state index in [4.69, 9.17) is 4.98 Å². The quantitative estimate of drug-likeness (QED) is 0.380. The molecule has 7 nitrogen and oxygen atoms in total. The molecule has 0 radical (unpaired) electrons. The lowest BCUT2D eigenvalue weighted by Crippen LogP contribution is -2.22. The van der Waals surface area contributed by atoms with E-state index in [0.29, 0.717) is 17.2 Å². The van der Waals surface area contributed by atoms with Crippen LogP contribution in [-0.2, 0) is 6.54 Å². The van der Waals surface area contributed by atoms with Crippen molar-refractivity contribution in [2.45, 2.75) is 44.7 Å². The topological polar surface area (TPSA) is 100 Å². The van der Waals surface area contributed by atoms with Crippen LogP contribution in [0.3, 0.4) is 0 Å². The predicted molar refractivity (Wildman–Crippen MR) is 126 cm³/mol. The lowest BCUT2D eigenvalue weighted by atomic mass is 9.95. The summed E-state index contributed by atoms with van der Waals surface area (Å²) in [5.41, 5.74) is 3.83. The standard InChI is InChI=1S/C26H26N4O3/c31-23-12-9-17(14-24(23)32)16-28-26(33)18-10-11-22-21(15-18)29-25(20-8-4-5-13-27-20)30(22)19-6-2-1-3-7-19/h4-5,8-15,19,31-32H,1-3,6-7,16H2,(H,28,33). The molecule has 1 aliphatic rings. The van der Waals surface area contributed by atoms with Gasteiger partial charge in [0.05, 0.1) is 11.0 Å². The summed E-state index contributed by atoms with van der Waals surface area (Å²) in [6.45, 7) is 0.237. The fourth-order valence-corrected chi connectivity index (χ4v) is 4.59. The van der Waals surface area contributed by atoms with Crippen LogP contribution in [0.25, 0.3) is 22.6 Å². The molecule has 3 N–H and O–H groups in total. The maximum absolute atomic E-state index is 12.8. The third-order valence-corrected chi connectivity index (χ3v) is 6.28. The van der Waals surface area contributed by atoms with E-state index in [-0.39, 0.29) is 24.0 Å². The Hall–Kier alpha value is -3.87. The van der Waals surface area contributed by atoms with Crippen LogP contribution < -0.4 is 5.32 Å². The first kappa shape index (κ1) is 21.0. The molecule has 33 heavy (non-hydrogen) atoms. The summed E-state index contributed by atoms with van der Waals surface area (Å²) in [6.07, 6.45) is 7.70. The van der Waals surface area contributed by atoms with Gasteiger partial charge in [-0.1, -0.05) is 31.4 Å². The number of phenols is 2. The third kappa shape index (κ3) is 4.26. The van der Waals surface area contributed by atoms with Crippen molar-refractivity contribution in [1.29, 1.82) is 0 Å². The molecular formula is C26H26N4O3. The van der Waals surface area contributed by atoms with Crippen molar-refractivity contribution in [3.8, 4) is 23.0 Å². The minimum absolute atomic E-state index is 0.187. The number of carbonyl (C=O) groups is 1. The molecule has 1 fully saturated rings. The highest BCUT2D eigenvalue weighted by molar-refractivity contribution is 5.97. The van der Waals surface area contributed by atoms with E-state index in [1.54, 1.807) is 12.3 Å². The first-order valence-corrected chi connectivity index (χ1v) is 11.3. The number of hydrogen-bond donors (Lipinski definition) is 3. The zero-order chi connectivity index (χ0) is 22.8. The SMILES string of the molecule is O=C(NCc1ccc(O)c(O)c1)c1ccc2c(c1)nc(-c1ccccn1)n2C1CCCCC1. The van der Waals surface area contributed by atoms with Crippen molar-refractivity contribution in [2.24, 2.45) is 0 Å². The molecule has 0 aliphatic heterocycles. The molecule has 1 aliphatic carbocycles. The molecule has 0 saturated heterocycles. The van der Waals surface area contributed by atoms with E-state index in [2.05, 4.69) is 14.9 Å². The molecule has 2 aromatic heterocycles. The summed E-state index contributed by atoms with van der Waals surface area (Å²) >= 11 is 0. The van der Waals surface area contributed by atoms with Crippen molar-refractivity contribution >= 4 is 16.9 Å². The third-order valence-electron chi connectivity index (χ3n) is 6.28. The number of aromatic nitrogens is 3. The average molecular weight is 443 g/mol. The molecule has 2 aromatic carbocycles. The number of carbonyl (C=O) groups excluding carboxylic acids is 1. The van der Waals surface area contributed by atoms with Crippen LogP contribution in [0, 0.1) is 0 Å². The van der Waals surface area contributed by atoms with E-state index < -0.39 is 0 Å². The van der Waals surface area contributed by atoms with Gasteiger partial charge in [-0.25, -0.2) is 4.98 Å². The molecule has 4 aromatic rings. The zero-order valence-electron chi connectivity index (χ0n) is 18.2. The Balaban J connectivity index is 1.45. The van der Waals surface area contributed by atoms with E-state index in [0.717, 1.165) is 35.4 Å². The molecule has 0 atom stereocenters. The molecule has 0 unspecified atom stereocenters. The number of benzene rings is 2. The highest BCUT2D eigenvalue weighted by Crippen LogP contribution is 2.35. The van der Waals surface area contributed by atoms with Crippen LogP contribution in [0.4, 0.5) is 0 Å². The van der Waals surface area contributed by atoms with Crippen molar-refractivity contribution in [3.63, 3.8) is 0 Å². The van der Waals surface area contributed by atoms with E-state index in [1.807, 2.05) is 36.4 Å². The second kappa shape index (κ2) is 8.94. The average Bonchev–Trinajstić information content (AvgIpc) is 3.24. The molecule has 1 amide bonds. The normalized spacial score (nSPS) is 14.4. The molecule has 0 bridgehead atoms. The van der Waals surface area contributed by atoms with E-state index >= 15 is 0 Å². The summed E-state index contributed by atoms with van der Waals surface area (Å²) in [5, 5.41) is 22.0. The van der Waals surface area contributed by atoms with E-state index in [1.165, 1.54) is 31.4 Å². The Bertz CT molecular complexity index is 1290. The molecule has 5 rings (SSSR count). The summed E-state index contributed by atoms with van der Waals surface area (Å²) in [7, 11) is 0. The molecule has 168 valence electrons. The molecule has 0 spiro atoms. The predicted octanol–water partition coefficient (Wildman–Crippen LogP) is 4.94. The monoisotopic (exact) mass is 442 g/mol. The van der Waals surface area contributed by atoms with Gasteiger partial charge < -0.3 is 20.1 Å². The van der Waals surface area contributed by atoms with Crippen LogP contribution >= 0.6 is 0 Å². The van der Waals surface area contributed by atoms with Crippen molar-refractivity contribution in [1.82, 2.24) is 19.9 Å². The van der Waals surface area contributed by atoms with Crippen LogP contribution in [0.2, 0.25) is 0 Å². The lowest BCUT2D eigenvalue weighted by Gasteiger charge is -2.25. The van der Waals surface area contributed by atoms with Gasteiger partial charge in [-0.15, -0.1) is 0 Å². The highest BCUT2D eigenvalue weighted by Gasteiger charge is 2.23. The maximum atomic E-state index is 12.8. The second-order valence-electron chi connectivity index (χ2n) is 8.52. The van der Waals surface area contributed by atoms with Gasteiger partial charge >= 0.3 is 0 Å². The van der Waals surface area contributed by atoms with Crippen molar-refractivity contribution < 1.29 is 15.0 Å². The van der Waals surface area contributed by atoms with Gasteiger partial charge in [0, 0.05) is 24.3 Å². The molecular weight excluding hydrogens is 416 g/mol. The minimum Gasteiger partial charge on any atom is -0.504 e. The van der Waals surface area contributed by atoms with Crippen LogP contribution in [0.5, 0.6) is 11.5 Å². The van der Waals surface area contributed by atoms with Gasteiger partial charge in [-0.05, 0) is 60.9 Å². The number of amides is 1. The first-order valence-electron chi connectivity index (χ1n) is 11.3. The second-order valence-corrected chi connectivity index (χ2v) is 8.52. The number of fused-ring (bicyclic) bond motifs is 1. The van der Waals surface area contributed by atoms with Crippen molar-refractivity contribution in [3.05, 3.63) is 71.9 Å². The van der Waals surface area contributed by atoms with Gasteiger partial charge in [0.25, 0.3) is 5.91 Å². The van der Waals surface area contributed by atoms with Crippen molar-refractivity contribution in [2.75, 3.05) is 0 Å². The van der Waals surface area contributed by atoms with Gasteiger partial charge in [-0.2, -0.15) is 0 Å². The Labute approximate surface area is 191 Å². The number of imidazole rings is 1. The van der Waals surface area contributed by atoms with Gasteiger partial charge in [0.1, 0.15) is 5.69 Å². The van der Waals surface area contributed by atoms with Crippen LogP contribution in [0.15, 0.2) is 60.8 Å². The smallest absolute Gasteiger partial charge is 0.251 e. The Morgan fingerprint density at radius 2 is 1.85 bits per heavy atom. The fraction of sp³-hybridized carbons (Fsp3) is 0.269. The number of phenolic OH excluding ortho intramolecular Hbond substituents is 2. The van der Waals surface area contributed by atoms with E-state index in [9.17, 15) is 15.0 Å². The molecule has 2 heterocycles. The van der Waals surface area contributed by atoms with Gasteiger partial charge in [-0.3, -0.25) is 9.78 Å². The van der Waals surface area contributed by atoms with Crippen LogP contribution in [0.1, 0.15) is 54.1 Å². The summed E-state index contributed by atoms with van der Waals surface area (Å²) in [5.74, 6) is 0.219. The van der Waals surface area contributed by atoms with Gasteiger partial charge in [0.2, 0.25) is 0 Å². The van der Waals surface area contributed by atoms with Gasteiger partial charge in [0.15, 0.2) is 17.3 Å². The fourth-order valence-electron chi connectivity index (χ4n) is 4.59. The zero-order valence-corrected chi connectivity index (χ0v) is 18.2. The molecule has 1 saturated carbocycles. The Morgan fingerprint density at radius 3 is 2.61 bits per heavy atom. The first-order chi connectivity index (χ1) is 16.1. The largest absolute Gasteiger partial charge is 0.504 e. The Morgan fingerprint density at radius 1 is 1.00 bits per heavy atom. The minimum atomic E-state index is -0.226. The lowest BCUT2D eigenvalue weighted by molar-refractivity contribution is 0.0951. The summed E-state index contributed by atoms with van der Waals surface area (Å²) < 4.78 is 2.30. The molecule has 7 heteroatoms. The number of hydrogen-bond acceptors (Lipinski definition) is 5. The number of rotatable bonds is 5. The number of nitrogens with one attached hydrogen (secondary N) is 1.